The molecular weight excluding hydrogens is 344 g/mol. The van der Waals surface area contributed by atoms with Crippen molar-refractivity contribution in [2.24, 2.45) is 0 Å². The zero-order valence-corrected chi connectivity index (χ0v) is 13.7. The van der Waals surface area contributed by atoms with Gasteiger partial charge in [-0.2, -0.15) is 0 Å². The molecule has 0 saturated heterocycles. The summed E-state index contributed by atoms with van der Waals surface area (Å²) in [5, 5.41) is 2.40. The molecule has 4 nitrogen and oxygen atoms in total. The maximum absolute atomic E-state index is 12.6. The van der Waals surface area contributed by atoms with E-state index in [1.807, 2.05) is 12.1 Å². The number of benzene rings is 2. The summed E-state index contributed by atoms with van der Waals surface area (Å²) in [6.07, 6.45) is 2.85. The molecule has 1 aliphatic rings. The van der Waals surface area contributed by atoms with Crippen molar-refractivity contribution in [2.75, 3.05) is 17.6 Å². The summed E-state index contributed by atoms with van der Waals surface area (Å²) in [7, 11) is 0. The van der Waals surface area contributed by atoms with Crippen LogP contribution in [0.5, 0.6) is 0 Å². The summed E-state index contributed by atoms with van der Waals surface area (Å²) in [4.78, 5) is 26.6. The molecular formula is C17H17BrN2O2. The van der Waals surface area contributed by atoms with E-state index in [1.165, 1.54) is 4.90 Å². The van der Waals surface area contributed by atoms with E-state index in [9.17, 15) is 9.59 Å². The predicted molar refractivity (Wildman–Crippen MR) is 91.4 cm³/mol. The Morgan fingerprint density at radius 2 is 1.68 bits per heavy atom. The number of hydrogen-bond donors (Lipinski definition) is 1. The van der Waals surface area contributed by atoms with Crippen molar-refractivity contribution < 1.29 is 9.59 Å². The van der Waals surface area contributed by atoms with Crippen LogP contribution in [0, 0.1) is 0 Å². The minimum atomic E-state index is -0.215. The van der Waals surface area contributed by atoms with Gasteiger partial charge in [-0.15, -0.1) is 0 Å². The summed E-state index contributed by atoms with van der Waals surface area (Å²) in [6, 6.07) is 8.89. The molecule has 0 aromatic heterocycles. The third-order valence-electron chi connectivity index (χ3n) is 4.04. The molecule has 0 radical (unpaired) electrons. The van der Waals surface area contributed by atoms with Gasteiger partial charge in [0.1, 0.15) is 0 Å². The number of nitrogens with zero attached hydrogens (tertiary/aromatic N) is 1. The summed E-state index contributed by atoms with van der Waals surface area (Å²) in [6.45, 7) is 0.463. The largest absolute Gasteiger partial charge is 0.398 e. The lowest BCUT2D eigenvalue weighted by Crippen LogP contribution is -2.40. The molecule has 0 spiro atoms. The summed E-state index contributed by atoms with van der Waals surface area (Å²) in [5.74, 6) is -0.430. The van der Waals surface area contributed by atoms with Gasteiger partial charge in [0.25, 0.3) is 11.8 Å². The van der Waals surface area contributed by atoms with Crippen LogP contribution in [0.3, 0.4) is 0 Å². The normalized spacial score (nSPS) is 14.0. The number of halogens is 1. The first-order chi connectivity index (χ1) is 10.6. The number of amides is 2. The molecule has 0 atom stereocenters. The van der Waals surface area contributed by atoms with Gasteiger partial charge < -0.3 is 5.73 Å². The van der Waals surface area contributed by atoms with E-state index >= 15 is 0 Å². The average Bonchev–Trinajstić information content (AvgIpc) is 2.53. The third kappa shape index (κ3) is 2.39. The lowest BCUT2D eigenvalue weighted by molar-refractivity contribution is 0.0608. The van der Waals surface area contributed by atoms with Crippen LogP contribution < -0.4 is 5.73 Å². The zero-order valence-electron chi connectivity index (χ0n) is 12.1. The van der Waals surface area contributed by atoms with E-state index in [0.29, 0.717) is 28.7 Å². The predicted octanol–water partition coefficient (Wildman–Crippen LogP) is 3.58. The summed E-state index contributed by atoms with van der Waals surface area (Å²) < 4.78 is 0. The van der Waals surface area contributed by atoms with Crippen LogP contribution in [0.1, 0.15) is 40.0 Å². The van der Waals surface area contributed by atoms with E-state index in [4.69, 9.17) is 5.73 Å². The number of carbonyl (C=O) groups is 2. The fourth-order valence-corrected chi connectivity index (χ4v) is 3.31. The lowest BCUT2D eigenvalue weighted by Gasteiger charge is -2.27. The molecule has 0 bridgehead atoms. The van der Waals surface area contributed by atoms with Crippen molar-refractivity contribution >= 4 is 44.2 Å². The highest BCUT2D eigenvalue weighted by Gasteiger charge is 2.32. The number of hydrogen-bond acceptors (Lipinski definition) is 3. The number of rotatable bonds is 5. The van der Waals surface area contributed by atoms with Gasteiger partial charge in [0, 0.05) is 39.5 Å². The smallest absolute Gasteiger partial charge is 0.261 e. The molecule has 1 aliphatic heterocycles. The first kappa shape index (κ1) is 15.0. The Bertz CT molecular complexity index is 735. The number of anilines is 1. The Kier molecular flexibility index (Phi) is 4.16. The highest BCUT2D eigenvalue weighted by molar-refractivity contribution is 9.09. The molecule has 22 heavy (non-hydrogen) atoms. The van der Waals surface area contributed by atoms with Crippen LogP contribution in [0.15, 0.2) is 30.3 Å². The molecule has 114 valence electrons. The number of imide groups is 1. The molecule has 5 heteroatoms. The standard InChI is InChI=1S/C17H17BrN2O2/c18-9-2-1-3-10-20-16(21)12-6-4-5-11-14(19)8-7-13(15(11)12)17(20)22/h4-8H,1-3,9-10,19H2. The first-order valence-electron chi connectivity index (χ1n) is 7.38. The van der Waals surface area contributed by atoms with E-state index in [0.717, 1.165) is 30.0 Å². The molecule has 2 aromatic rings. The van der Waals surface area contributed by atoms with Crippen LogP contribution in [0.4, 0.5) is 5.69 Å². The quantitative estimate of drug-likeness (QED) is 0.383. The van der Waals surface area contributed by atoms with Gasteiger partial charge in [0.2, 0.25) is 0 Å². The zero-order chi connectivity index (χ0) is 15.7. The molecule has 0 aliphatic carbocycles. The van der Waals surface area contributed by atoms with E-state index < -0.39 is 0 Å². The molecule has 3 rings (SSSR count). The van der Waals surface area contributed by atoms with Crippen LogP contribution in [0.2, 0.25) is 0 Å². The van der Waals surface area contributed by atoms with Crippen molar-refractivity contribution in [3.63, 3.8) is 0 Å². The van der Waals surface area contributed by atoms with Crippen LogP contribution in [-0.2, 0) is 0 Å². The lowest BCUT2D eigenvalue weighted by atomic mass is 9.93. The van der Waals surface area contributed by atoms with Gasteiger partial charge in [-0.25, -0.2) is 0 Å². The third-order valence-corrected chi connectivity index (χ3v) is 4.60. The minimum Gasteiger partial charge on any atom is -0.398 e. The number of unbranched alkanes of at least 4 members (excludes halogenated alkanes) is 2. The van der Waals surface area contributed by atoms with Gasteiger partial charge in [0.15, 0.2) is 0 Å². The van der Waals surface area contributed by atoms with E-state index in [-0.39, 0.29) is 11.8 Å². The second kappa shape index (κ2) is 6.08. The van der Waals surface area contributed by atoms with Crippen molar-refractivity contribution in [1.29, 1.82) is 0 Å². The summed E-state index contributed by atoms with van der Waals surface area (Å²) in [5.41, 5.74) is 7.70. The van der Waals surface area contributed by atoms with Gasteiger partial charge in [-0.1, -0.05) is 34.5 Å². The highest BCUT2D eigenvalue weighted by atomic mass is 79.9. The maximum atomic E-state index is 12.6. The Morgan fingerprint density at radius 1 is 0.955 bits per heavy atom. The Hall–Kier alpha value is -1.88. The van der Waals surface area contributed by atoms with Crippen molar-refractivity contribution in [3.8, 4) is 0 Å². The first-order valence-corrected chi connectivity index (χ1v) is 8.50. The summed E-state index contributed by atoms with van der Waals surface area (Å²) >= 11 is 3.39. The van der Waals surface area contributed by atoms with Gasteiger partial charge in [0.05, 0.1) is 0 Å². The number of nitrogen functional groups attached to an aromatic ring is 1. The Labute approximate surface area is 137 Å². The average molecular weight is 361 g/mol. The molecule has 2 aromatic carbocycles. The van der Waals surface area contributed by atoms with Crippen molar-refractivity contribution in [1.82, 2.24) is 4.90 Å². The van der Waals surface area contributed by atoms with Crippen LogP contribution >= 0.6 is 15.9 Å². The molecule has 2 amide bonds. The second-order valence-electron chi connectivity index (χ2n) is 5.44. The van der Waals surface area contributed by atoms with Crippen LogP contribution in [0.25, 0.3) is 10.8 Å². The minimum absolute atomic E-state index is 0.215. The van der Waals surface area contributed by atoms with Gasteiger partial charge in [-0.3, -0.25) is 14.5 Å². The Morgan fingerprint density at radius 3 is 2.41 bits per heavy atom. The monoisotopic (exact) mass is 360 g/mol. The molecule has 0 unspecified atom stereocenters. The fraction of sp³-hybridized carbons (Fsp3) is 0.294. The van der Waals surface area contributed by atoms with Gasteiger partial charge >= 0.3 is 0 Å². The van der Waals surface area contributed by atoms with E-state index in [1.54, 1.807) is 18.2 Å². The molecule has 2 N–H and O–H groups in total. The van der Waals surface area contributed by atoms with Crippen LogP contribution in [-0.4, -0.2) is 28.6 Å². The SMILES string of the molecule is Nc1ccc2c3c(cccc13)C(=O)N(CCCCCBr)C2=O. The molecule has 0 saturated carbocycles. The number of nitrogens with two attached hydrogens (primary N) is 1. The highest BCUT2D eigenvalue weighted by Crippen LogP contribution is 2.33. The number of alkyl halides is 1. The fourth-order valence-electron chi connectivity index (χ4n) is 2.91. The van der Waals surface area contributed by atoms with E-state index in [2.05, 4.69) is 15.9 Å². The van der Waals surface area contributed by atoms with Crippen molar-refractivity contribution in [3.05, 3.63) is 41.5 Å². The topological polar surface area (TPSA) is 63.4 Å². The maximum Gasteiger partial charge on any atom is 0.261 e. The number of carbonyl (C=O) groups excluding carboxylic acids is 2. The second-order valence-corrected chi connectivity index (χ2v) is 6.24. The Balaban J connectivity index is 2.00. The van der Waals surface area contributed by atoms with Gasteiger partial charge in [-0.05, 0) is 31.0 Å². The van der Waals surface area contributed by atoms with Crippen molar-refractivity contribution in [2.45, 2.75) is 19.3 Å². The molecule has 1 heterocycles. The molecule has 0 fully saturated rings.